The Balaban J connectivity index is 2.23. The predicted molar refractivity (Wildman–Crippen MR) is 45.7 cm³/mol. The Labute approximate surface area is 63.9 Å². The first-order chi connectivity index (χ1) is 4.30. The Kier molecular flexibility index (Phi) is 3.06. The molecule has 54 valence electrons. The maximum atomic E-state index is 6.10. The highest BCUT2D eigenvalue weighted by atomic mass is 35.6. The average molecular weight is 163 g/mol. The average Bonchev–Trinajstić information content (AvgIpc) is 1.90. The first kappa shape index (κ1) is 7.61. The van der Waals surface area contributed by atoms with Crippen molar-refractivity contribution in [3.05, 3.63) is 0 Å². The summed E-state index contributed by atoms with van der Waals surface area (Å²) in [6, 6.07) is 0. The number of rotatable bonds is 1. The molecule has 0 aromatic carbocycles. The number of hydrogen-bond donors (Lipinski definition) is 0. The van der Waals surface area contributed by atoms with Crippen LogP contribution in [0.2, 0.25) is 12.1 Å². The van der Waals surface area contributed by atoms with Crippen molar-refractivity contribution in [1.29, 1.82) is 0 Å². The van der Waals surface area contributed by atoms with E-state index in [0.29, 0.717) is 0 Å². The third-order valence-electron chi connectivity index (χ3n) is 2.30. The van der Waals surface area contributed by atoms with Crippen LogP contribution in [-0.2, 0) is 0 Å². The van der Waals surface area contributed by atoms with Crippen LogP contribution in [0, 0.1) is 0 Å². The van der Waals surface area contributed by atoms with Crippen LogP contribution in [-0.4, -0.2) is 8.11 Å². The summed E-state index contributed by atoms with van der Waals surface area (Å²) in [5.74, 6) is 0. The van der Waals surface area contributed by atoms with Crippen LogP contribution in [0.25, 0.3) is 0 Å². The molecule has 0 nitrogen and oxygen atoms in total. The molecule has 1 atom stereocenters. The lowest BCUT2D eigenvalue weighted by molar-refractivity contribution is 0.500. The molecule has 0 bridgehead atoms. The summed E-state index contributed by atoms with van der Waals surface area (Å²) < 4.78 is 0. The second kappa shape index (κ2) is 3.62. The molecular formula is C7H15ClSi. The first-order valence-corrected chi connectivity index (χ1v) is 7.51. The van der Waals surface area contributed by atoms with Crippen LogP contribution < -0.4 is 0 Å². The van der Waals surface area contributed by atoms with E-state index < -0.39 is 8.11 Å². The smallest absolute Gasteiger partial charge is 0.141 e. The third-order valence-corrected chi connectivity index (χ3v) is 5.33. The van der Waals surface area contributed by atoms with Gasteiger partial charge in [0.2, 0.25) is 0 Å². The highest BCUT2D eigenvalue weighted by molar-refractivity contribution is 7.07. The zero-order chi connectivity index (χ0) is 6.69. The monoisotopic (exact) mass is 162 g/mol. The maximum absolute atomic E-state index is 6.10. The van der Waals surface area contributed by atoms with E-state index in [2.05, 4.69) is 6.55 Å². The van der Waals surface area contributed by atoms with Crippen molar-refractivity contribution in [2.24, 2.45) is 0 Å². The van der Waals surface area contributed by atoms with Gasteiger partial charge >= 0.3 is 0 Å². The van der Waals surface area contributed by atoms with Crippen molar-refractivity contribution in [3.8, 4) is 0 Å². The van der Waals surface area contributed by atoms with E-state index in [9.17, 15) is 0 Å². The van der Waals surface area contributed by atoms with Gasteiger partial charge in [-0.3, -0.25) is 0 Å². The fourth-order valence-electron chi connectivity index (χ4n) is 1.59. The summed E-state index contributed by atoms with van der Waals surface area (Å²) in [7, 11) is -0.780. The van der Waals surface area contributed by atoms with Gasteiger partial charge in [-0.15, -0.1) is 0 Å². The van der Waals surface area contributed by atoms with Crippen LogP contribution >= 0.6 is 11.1 Å². The van der Waals surface area contributed by atoms with Crippen LogP contribution in [0.15, 0.2) is 0 Å². The van der Waals surface area contributed by atoms with E-state index in [0.717, 1.165) is 5.54 Å². The van der Waals surface area contributed by atoms with Crippen LogP contribution in [0.4, 0.5) is 0 Å². The van der Waals surface area contributed by atoms with E-state index in [4.69, 9.17) is 11.1 Å². The van der Waals surface area contributed by atoms with Gasteiger partial charge in [-0.05, 0) is 5.54 Å². The zero-order valence-electron chi connectivity index (χ0n) is 6.07. The Bertz CT molecular complexity index is 77.0. The fraction of sp³-hybridized carbons (Fsp3) is 1.00. The van der Waals surface area contributed by atoms with Gasteiger partial charge in [-0.2, -0.15) is 11.1 Å². The number of halogens is 1. The minimum absolute atomic E-state index is 0.780. The maximum Gasteiger partial charge on any atom is 0.141 e. The topological polar surface area (TPSA) is 0 Å². The molecule has 0 aliphatic heterocycles. The Morgan fingerprint density at radius 1 is 1.22 bits per heavy atom. The summed E-state index contributed by atoms with van der Waals surface area (Å²) in [5.41, 5.74) is 0.959. The molecule has 0 amide bonds. The molecule has 0 N–H and O–H groups in total. The van der Waals surface area contributed by atoms with Gasteiger partial charge < -0.3 is 0 Å². The van der Waals surface area contributed by atoms with Gasteiger partial charge in [0, 0.05) is 0 Å². The normalized spacial score (nSPS) is 26.0. The minimum Gasteiger partial charge on any atom is -0.172 e. The summed E-state index contributed by atoms with van der Waals surface area (Å²) in [4.78, 5) is 0. The summed E-state index contributed by atoms with van der Waals surface area (Å²) in [5, 5.41) is 0. The molecule has 0 aromatic heterocycles. The first-order valence-electron chi connectivity index (χ1n) is 3.95. The molecule has 1 aliphatic carbocycles. The van der Waals surface area contributed by atoms with Crippen LogP contribution in [0.1, 0.15) is 32.1 Å². The van der Waals surface area contributed by atoms with E-state index in [1.54, 1.807) is 0 Å². The lowest BCUT2D eigenvalue weighted by atomic mass is 10.0. The van der Waals surface area contributed by atoms with Crippen molar-refractivity contribution in [3.63, 3.8) is 0 Å². The molecule has 1 aliphatic rings. The highest BCUT2D eigenvalue weighted by Crippen LogP contribution is 2.32. The van der Waals surface area contributed by atoms with Gasteiger partial charge in [0.1, 0.15) is 8.11 Å². The van der Waals surface area contributed by atoms with Crippen molar-refractivity contribution in [2.45, 2.75) is 44.2 Å². The standard InChI is InChI=1S/C7H15ClSi/c1-9(8)7-5-3-2-4-6-7/h7,9H,2-6H2,1H3. The fourth-order valence-corrected chi connectivity index (χ4v) is 3.74. The zero-order valence-corrected chi connectivity index (χ0v) is 7.98. The number of hydrogen-bond acceptors (Lipinski definition) is 0. The molecular weight excluding hydrogens is 148 g/mol. The summed E-state index contributed by atoms with van der Waals surface area (Å²) in [6.07, 6.45) is 7.19. The lowest BCUT2D eigenvalue weighted by Gasteiger charge is -2.22. The summed E-state index contributed by atoms with van der Waals surface area (Å²) >= 11 is 6.10. The molecule has 1 saturated carbocycles. The molecule has 0 aromatic rings. The molecule has 1 rings (SSSR count). The van der Waals surface area contributed by atoms with E-state index in [1.165, 1.54) is 32.1 Å². The lowest BCUT2D eigenvalue weighted by Crippen LogP contribution is -2.12. The molecule has 0 heterocycles. The van der Waals surface area contributed by atoms with Gasteiger partial charge in [-0.25, -0.2) is 0 Å². The Morgan fingerprint density at radius 2 is 1.78 bits per heavy atom. The third kappa shape index (κ3) is 2.30. The van der Waals surface area contributed by atoms with Crippen LogP contribution in [0.3, 0.4) is 0 Å². The van der Waals surface area contributed by atoms with Crippen LogP contribution in [0.5, 0.6) is 0 Å². The Morgan fingerprint density at radius 3 is 2.11 bits per heavy atom. The van der Waals surface area contributed by atoms with E-state index in [1.807, 2.05) is 0 Å². The second-order valence-corrected chi connectivity index (χ2v) is 7.44. The Hall–Kier alpha value is 0.507. The molecule has 0 radical (unpaired) electrons. The molecule has 2 heteroatoms. The summed E-state index contributed by atoms with van der Waals surface area (Å²) in [6.45, 7) is 2.26. The van der Waals surface area contributed by atoms with Gasteiger partial charge in [0.25, 0.3) is 0 Å². The molecule has 0 spiro atoms. The SMILES string of the molecule is C[SiH](Cl)C1CCCCC1. The largest absolute Gasteiger partial charge is 0.172 e. The van der Waals surface area contributed by atoms with Gasteiger partial charge in [0.05, 0.1) is 0 Å². The predicted octanol–water partition coefficient (Wildman–Crippen LogP) is 2.91. The van der Waals surface area contributed by atoms with Gasteiger partial charge in [-0.1, -0.05) is 38.7 Å². The van der Waals surface area contributed by atoms with Crippen molar-refractivity contribution in [1.82, 2.24) is 0 Å². The molecule has 9 heavy (non-hydrogen) atoms. The van der Waals surface area contributed by atoms with Crippen molar-refractivity contribution < 1.29 is 0 Å². The van der Waals surface area contributed by atoms with Crippen molar-refractivity contribution in [2.75, 3.05) is 0 Å². The van der Waals surface area contributed by atoms with Gasteiger partial charge in [0.15, 0.2) is 0 Å². The van der Waals surface area contributed by atoms with Crippen molar-refractivity contribution >= 4 is 19.2 Å². The highest BCUT2D eigenvalue weighted by Gasteiger charge is 2.18. The van der Waals surface area contributed by atoms with E-state index in [-0.39, 0.29) is 0 Å². The molecule has 1 unspecified atom stereocenters. The molecule has 0 saturated heterocycles. The molecule has 1 fully saturated rings. The quantitative estimate of drug-likeness (QED) is 0.411. The van der Waals surface area contributed by atoms with E-state index >= 15 is 0 Å². The minimum atomic E-state index is -0.780. The second-order valence-electron chi connectivity index (χ2n) is 3.08.